The molecule has 0 aliphatic carbocycles. The minimum atomic E-state index is -0.531. The summed E-state index contributed by atoms with van der Waals surface area (Å²) in [5.41, 5.74) is 3.10. The predicted molar refractivity (Wildman–Crippen MR) is 114 cm³/mol. The summed E-state index contributed by atoms with van der Waals surface area (Å²) in [7, 11) is 0. The zero-order valence-electron chi connectivity index (χ0n) is 15.8. The van der Waals surface area contributed by atoms with Gasteiger partial charge in [-0.05, 0) is 32.0 Å². The van der Waals surface area contributed by atoms with E-state index in [1.165, 1.54) is 11.3 Å². The van der Waals surface area contributed by atoms with Crippen LogP contribution in [0.3, 0.4) is 0 Å². The summed E-state index contributed by atoms with van der Waals surface area (Å²) >= 11 is 7.57. The molecule has 146 valence electrons. The van der Waals surface area contributed by atoms with Crippen molar-refractivity contribution in [3.8, 4) is 5.69 Å². The fraction of sp³-hybridized carbons (Fsp3) is 0.136. The number of esters is 1. The Labute approximate surface area is 176 Å². The highest BCUT2D eigenvalue weighted by atomic mass is 35.5. The quantitative estimate of drug-likeness (QED) is 0.318. The van der Waals surface area contributed by atoms with E-state index in [0.717, 1.165) is 27.2 Å². The summed E-state index contributed by atoms with van der Waals surface area (Å²) in [6, 6.07) is 16.3. The fourth-order valence-electron chi connectivity index (χ4n) is 2.96. The Hall–Kier alpha value is -2.96. The van der Waals surface area contributed by atoms with E-state index in [1.807, 2.05) is 44.2 Å². The van der Waals surface area contributed by atoms with Crippen LogP contribution in [0.1, 0.15) is 31.3 Å². The summed E-state index contributed by atoms with van der Waals surface area (Å²) in [4.78, 5) is 26.0. The third kappa shape index (κ3) is 3.81. The summed E-state index contributed by atoms with van der Waals surface area (Å²) in [6.07, 6.45) is 0. The summed E-state index contributed by atoms with van der Waals surface area (Å²) < 4.78 is 6.98. The number of para-hydroxylation sites is 1. The molecule has 7 heteroatoms. The second-order valence-corrected chi connectivity index (χ2v) is 8.08. The van der Waals surface area contributed by atoms with Crippen molar-refractivity contribution in [1.82, 2.24) is 9.78 Å². The minimum absolute atomic E-state index is 0.238. The lowest BCUT2D eigenvalue weighted by molar-refractivity contribution is 0.0479. The van der Waals surface area contributed by atoms with Crippen LogP contribution in [0.15, 0.2) is 54.6 Å². The number of halogens is 1. The molecule has 0 atom stereocenters. The van der Waals surface area contributed by atoms with Crippen LogP contribution in [-0.4, -0.2) is 28.1 Å². The molecule has 2 aromatic carbocycles. The van der Waals surface area contributed by atoms with Gasteiger partial charge in [-0.15, -0.1) is 11.3 Å². The summed E-state index contributed by atoms with van der Waals surface area (Å²) in [6.45, 7) is 3.52. The van der Waals surface area contributed by atoms with Gasteiger partial charge in [-0.2, -0.15) is 5.10 Å². The molecule has 29 heavy (non-hydrogen) atoms. The lowest BCUT2D eigenvalue weighted by atomic mass is 10.1. The standard InChI is InChI=1S/C22H17ClN2O3S/c1-13-7-9-15(10-8-13)19(26)12-28-22(27)20-11-16-14(2)24-25(21(16)29-20)18-6-4-3-5-17(18)23/h3-11H,12H2,1-2H3. The average Bonchev–Trinajstić information content (AvgIpc) is 3.28. The van der Waals surface area contributed by atoms with E-state index in [0.29, 0.717) is 15.5 Å². The molecule has 5 nitrogen and oxygen atoms in total. The zero-order chi connectivity index (χ0) is 20.5. The molecule has 0 N–H and O–H groups in total. The molecule has 0 spiro atoms. The minimum Gasteiger partial charge on any atom is -0.453 e. The normalized spacial score (nSPS) is 11.0. The van der Waals surface area contributed by atoms with Crippen molar-refractivity contribution in [2.45, 2.75) is 13.8 Å². The van der Waals surface area contributed by atoms with Crippen molar-refractivity contribution in [3.05, 3.63) is 81.3 Å². The number of aromatic nitrogens is 2. The summed E-state index contributed by atoms with van der Waals surface area (Å²) in [5, 5.41) is 5.96. The van der Waals surface area contributed by atoms with Gasteiger partial charge in [-0.3, -0.25) is 4.79 Å². The SMILES string of the molecule is Cc1ccc(C(=O)COC(=O)c2cc3c(C)nn(-c4ccccc4Cl)c3s2)cc1. The Balaban J connectivity index is 1.56. The van der Waals surface area contributed by atoms with Crippen molar-refractivity contribution in [2.75, 3.05) is 6.61 Å². The molecule has 0 saturated heterocycles. The highest BCUT2D eigenvalue weighted by Crippen LogP contribution is 2.32. The molecule has 0 fully saturated rings. The number of nitrogens with zero attached hydrogens (tertiary/aromatic N) is 2. The van der Waals surface area contributed by atoms with Crippen molar-refractivity contribution in [2.24, 2.45) is 0 Å². The molecule has 4 aromatic rings. The van der Waals surface area contributed by atoms with Crippen LogP contribution in [0.25, 0.3) is 15.9 Å². The maximum absolute atomic E-state index is 12.5. The van der Waals surface area contributed by atoms with Crippen LogP contribution in [-0.2, 0) is 4.74 Å². The molecule has 4 rings (SSSR count). The number of ketones is 1. The highest BCUT2D eigenvalue weighted by molar-refractivity contribution is 7.20. The van der Waals surface area contributed by atoms with E-state index in [9.17, 15) is 9.59 Å². The Bertz CT molecular complexity index is 1220. The van der Waals surface area contributed by atoms with E-state index in [1.54, 1.807) is 28.9 Å². The second kappa shape index (κ2) is 7.81. The van der Waals surface area contributed by atoms with E-state index in [4.69, 9.17) is 16.3 Å². The number of aryl methyl sites for hydroxylation is 2. The molecule has 0 unspecified atom stereocenters. The first-order valence-electron chi connectivity index (χ1n) is 8.95. The van der Waals surface area contributed by atoms with Gasteiger partial charge in [0.1, 0.15) is 9.71 Å². The maximum Gasteiger partial charge on any atom is 0.348 e. The summed E-state index contributed by atoms with van der Waals surface area (Å²) in [5.74, 6) is -0.769. The van der Waals surface area contributed by atoms with E-state index < -0.39 is 5.97 Å². The van der Waals surface area contributed by atoms with Crippen LogP contribution in [0.4, 0.5) is 0 Å². The fourth-order valence-corrected chi connectivity index (χ4v) is 4.24. The third-order valence-electron chi connectivity index (χ3n) is 4.53. The number of thiophene rings is 1. The van der Waals surface area contributed by atoms with Gasteiger partial charge in [0.2, 0.25) is 0 Å². The van der Waals surface area contributed by atoms with Gasteiger partial charge in [0.25, 0.3) is 0 Å². The highest BCUT2D eigenvalue weighted by Gasteiger charge is 2.20. The Morgan fingerprint density at radius 1 is 1.10 bits per heavy atom. The van der Waals surface area contributed by atoms with Crippen LogP contribution < -0.4 is 0 Å². The van der Waals surface area contributed by atoms with Crippen molar-refractivity contribution >= 4 is 44.9 Å². The Morgan fingerprint density at radius 2 is 1.83 bits per heavy atom. The molecule has 0 radical (unpaired) electrons. The van der Waals surface area contributed by atoms with Crippen LogP contribution in [0, 0.1) is 13.8 Å². The van der Waals surface area contributed by atoms with Crippen LogP contribution in [0.2, 0.25) is 5.02 Å². The number of hydrogen-bond acceptors (Lipinski definition) is 5. The number of carbonyl (C=O) groups excluding carboxylic acids is 2. The van der Waals surface area contributed by atoms with Crippen LogP contribution >= 0.6 is 22.9 Å². The van der Waals surface area contributed by atoms with E-state index >= 15 is 0 Å². The zero-order valence-corrected chi connectivity index (χ0v) is 17.4. The first kappa shape index (κ1) is 19.4. The van der Waals surface area contributed by atoms with Gasteiger partial charge in [0.15, 0.2) is 12.4 Å². The molecular formula is C22H17ClN2O3S. The Kier molecular flexibility index (Phi) is 5.22. The first-order chi connectivity index (χ1) is 13.9. The third-order valence-corrected chi connectivity index (χ3v) is 5.94. The molecule has 2 heterocycles. The van der Waals surface area contributed by atoms with Crippen LogP contribution in [0.5, 0.6) is 0 Å². The van der Waals surface area contributed by atoms with E-state index in [-0.39, 0.29) is 12.4 Å². The number of fused-ring (bicyclic) bond motifs is 1. The molecule has 0 bridgehead atoms. The monoisotopic (exact) mass is 424 g/mol. The molecule has 0 saturated carbocycles. The van der Waals surface area contributed by atoms with Crippen molar-refractivity contribution in [1.29, 1.82) is 0 Å². The lowest BCUT2D eigenvalue weighted by Gasteiger charge is -2.05. The van der Waals surface area contributed by atoms with Gasteiger partial charge in [0.05, 0.1) is 16.4 Å². The van der Waals surface area contributed by atoms with Gasteiger partial charge in [-0.1, -0.05) is 53.6 Å². The molecule has 0 aliphatic rings. The first-order valence-corrected chi connectivity index (χ1v) is 10.1. The predicted octanol–water partition coefficient (Wildman–Crippen LogP) is 5.40. The topological polar surface area (TPSA) is 61.2 Å². The van der Waals surface area contributed by atoms with Crippen molar-refractivity contribution in [3.63, 3.8) is 0 Å². The lowest BCUT2D eigenvalue weighted by Crippen LogP contribution is -2.13. The number of hydrogen-bond donors (Lipinski definition) is 0. The number of rotatable bonds is 5. The van der Waals surface area contributed by atoms with Gasteiger partial charge >= 0.3 is 5.97 Å². The van der Waals surface area contributed by atoms with Gasteiger partial charge < -0.3 is 4.74 Å². The molecule has 0 aliphatic heterocycles. The molecule has 2 aromatic heterocycles. The number of ether oxygens (including phenoxy) is 1. The second-order valence-electron chi connectivity index (χ2n) is 6.64. The maximum atomic E-state index is 12.5. The number of Topliss-reactive ketones (excluding diaryl/α,β-unsaturated/α-hetero) is 1. The molecular weight excluding hydrogens is 408 g/mol. The van der Waals surface area contributed by atoms with Gasteiger partial charge in [-0.25, -0.2) is 9.48 Å². The Morgan fingerprint density at radius 3 is 2.55 bits per heavy atom. The smallest absolute Gasteiger partial charge is 0.348 e. The van der Waals surface area contributed by atoms with E-state index in [2.05, 4.69) is 5.10 Å². The van der Waals surface area contributed by atoms with Gasteiger partial charge in [0, 0.05) is 10.9 Å². The van der Waals surface area contributed by atoms with Crippen molar-refractivity contribution < 1.29 is 14.3 Å². The number of carbonyl (C=O) groups is 2. The average molecular weight is 425 g/mol. The largest absolute Gasteiger partial charge is 0.453 e. The number of benzene rings is 2. The molecule has 0 amide bonds.